The summed E-state index contributed by atoms with van der Waals surface area (Å²) < 4.78 is 0. The number of rotatable bonds is 0. The third-order valence-electron chi connectivity index (χ3n) is 0.940. The number of hydrogen-bond donors (Lipinski definition) is 0. The SMILES string of the molecule is CC.CC1C=CC=C1.CCC. The first kappa shape index (κ1) is 13.1. The van der Waals surface area contributed by atoms with E-state index in [1.54, 1.807) is 0 Å². The number of allylic oxidation sites excluding steroid dienone is 4. The molecule has 0 radical (unpaired) electrons. The molecule has 0 spiro atoms. The van der Waals surface area contributed by atoms with Crippen LogP contribution < -0.4 is 0 Å². The van der Waals surface area contributed by atoms with Crippen LogP contribution in [0.4, 0.5) is 0 Å². The highest BCUT2D eigenvalue weighted by Crippen LogP contribution is 2.04. The molecule has 66 valence electrons. The Morgan fingerprint density at radius 3 is 1.36 bits per heavy atom. The Morgan fingerprint density at radius 1 is 1.00 bits per heavy atom. The van der Waals surface area contributed by atoms with Crippen molar-refractivity contribution in [2.45, 2.75) is 41.0 Å². The average molecular weight is 154 g/mol. The van der Waals surface area contributed by atoms with Gasteiger partial charge in [-0.2, -0.15) is 0 Å². The predicted molar refractivity (Wildman–Crippen MR) is 54.8 cm³/mol. The van der Waals surface area contributed by atoms with Gasteiger partial charge in [0.25, 0.3) is 0 Å². The van der Waals surface area contributed by atoms with E-state index in [1.165, 1.54) is 6.42 Å². The van der Waals surface area contributed by atoms with E-state index in [2.05, 4.69) is 45.1 Å². The summed E-state index contributed by atoms with van der Waals surface area (Å²) >= 11 is 0. The third kappa shape index (κ3) is 12.6. The van der Waals surface area contributed by atoms with Gasteiger partial charge in [-0.15, -0.1) is 0 Å². The van der Waals surface area contributed by atoms with Gasteiger partial charge in [0, 0.05) is 0 Å². The van der Waals surface area contributed by atoms with Crippen LogP contribution >= 0.6 is 0 Å². The topological polar surface area (TPSA) is 0 Å². The van der Waals surface area contributed by atoms with Crippen molar-refractivity contribution in [3.8, 4) is 0 Å². The van der Waals surface area contributed by atoms with E-state index in [4.69, 9.17) is 0 Å². The Bertz CT molecular complexity index is 86.6. The van der Waals surface area contributed by atoms with Crippen molar-refractivity contribution in [3.05, 3.63) is 24.3 Å². The molecule has 11 heavy (non-hydrogen) atoms. The van der Waals surface area contributed by atoms with Crippen molar-refractivity contribution in [1.82, 2.24) is 0 Å². The van der Waals surface area contributed by atoms with Crippen LogP contribution in [0.2, 0.25) is 0 Å². The molecule has 1 aliphatic carbocycles. The lowest BCUT2D eigenvalue weighted by molar-refractivity contribution is 0.958. The largest absolute Gasteiger partial charge is 0.0779 e. The highest BCUT2D eigenvalue weighted by atomic mass is 14.0. The lowest BCUT2D eigenvalue weighted by Gasteiger charge is -1.84. The van der Waals surface area contributed by atoms with Crippen LogP contribution in [-0.2, 0) is 0 Å². The second-order valence-corrected chi connectivity index (χ2v) is 2.34. The van der Waals surface area contributed by atoms with Crippen LogP contribution in [0, 0.1) is 5.92 Å². The highest BCUT2D eigenvalue weighted by molar-refractivity contribution is 5.15. The van der Waals surface area contributed by atoms with Crippen molar-refractivity contribution in [2.24, 2.45) is 5.92 Å². The lowest BCUT2D eigenvalue weighted by Crippen LogP contribution is -1.72. The standard InChI is InChI=1S/C6H8.C3H8.C2H6/c1-6-4-2-3-5-6;1-3-2;1-2/h2-6H,1H3;3H2,1-2H3;1-2H3. The quantitative estimate of drug-likeness (QED) is 0.490. The zero-order chi connectivity index (χ0) is 9.11. The fourth-order valence-corrected chi connectivity index (χ4v) is 0.543. The molecule has 0 nitrogen and oxygen atoms in total. The van der Waals surface area contributed by atoms with E-state index in [1.807, 2.05) is 13.8 Å². The fraction of sp³-hybridized carbons (Fsp3) is 0.636. The molecular weight excluding hydrogens is 132 g/mol. The summed E-state index contributed by atoms with van der Waals surface area (Å²) in [6.45, 7) is 10.4. The first-order valence-electron chi connectivity index (χ1n) is 4.66. The monoisotopic (exact) mass is 154 g/mol. The molecule has 0 heterocycles. The van der Waals surface area contributed by atoms with Gasteiger partial charge in [-0.1, -0.05) is 65.3 Å². The van der Waals surface area contributed by atoms with Crippen molar-refractivity contribution < 1.29 is 0 Å². The molecule has 0 aromatic carbocycles. The second kappa shape index (κ2) is 12.2. The molecule has 0 fully saturated rings. The Morgan fingerprint density at radius 2 is 1.27 bits per heavy atom. The maximum atomic E-state index is 2.17. The minimum atomic E-state index is 0.685. The minimum absolute atomic E-state index is 0.685. The summed E-state index contributed by atoms with van der Waals surface area (Å²) in [7, 11) is 0. The van der Waals surface area contributed by atoms with Gasteiger partial charge in [0.1, 0.15) is 0 Å². The third-order valence-corrected chi connectivity index (χ3v) is 0.940. The average Bonchev–Trinajstić information content (AvgIpc) is 2.46. The molecule has 0 saturated heterocycles. The van der Waals surface area contributed by atoms with E-state index >= 15 is 0 Å². The Kier molecular flexibility index (Phi) is 14.5. The molecule has 0 aliphatic heterocycles. The fourth-order valence-electron chi connectivity index (χ4n) is 0.543. The molecule has 0 heteroatoms. The van der Waals surface area contributed by atoms with Crippen molar-refractivity contribution in [3.63, 3.8) is 0 Å². The Labute approximate surface area is 72.0 Å². The van der Waals surface area contributed by atoms with E-state index in [9.17, 15) is 0 Å². The molecule has 0 saturated carbocycles. The van der Waals surface area contributed by atoms with Gasteiger partial charge in [-0.05, 0) is 5.92 Å². The van der Waals surface area contributed by atoms with Gasteiger partial charge in [0.05, 0.1) is 0 Å². The van der Waals surface area contributed by atoms with Crippen LogP contribution in [0.3, 0.4) is 0 Å². The van der Waals surface area contributed by atoms with Gasteiger partial charge >= 0.3 is 0 Å². The normalized spacial score (nSPS) is 13.2. The predicted octanol–water partition coefficient (Wildman–Crippen LogP) is 4.19. The maximum absolute atomic E-state index is 2.17. The molecule has 0 aromatic rings. The first-order valence-corrected chi connectivity index (χ1v) is 4.66. The lowest BCUT2D eigenvalue weighted by atomic mass is 10.2. The first-order chi connectivity index (χ1) is 5.31. The summed E-state index contributed by atoms with van der Waals surface area (Å²) in [4.78, 5) is 0. The highest BCUT2D eigenvalue weighted by Gasteiger charge is 1.89. The summed E-state index contributed by atoms with van der Waals surface area (Å²) in [5.41, 5.74) is 0. The van der Waals surface area contributed by atoms with Crippen molar-refractivity contribution in [2.75, 3.05) is 0 Å². The molecule has 0 aromatic heterocycles. The zero-order valence-electron chi connectivity index (χ0n) is 8.59. The molecule has 0 N–H and O–H groups in total. The second-order valence-electron chi connectivity index (χ2n) is 2.34. The van der Waals surface area contributed by atoms with Crippen LogP contribution in [0.15, 0.2) is 24.3 Å². The van der Waals surface area contributed by atoms with E-state index in [-0.39, 0.29) is 0 Å². The zero-order valence-corrected chi connectivity index (χ0v) is 8.59. The molecule has 0 amide bonds. The van der Waals surface area contributed by atoms with E-state index < -0.39 is 0 Å². The van der Waals surface area contributed by atoms with Crippen LogP contribution in [0.1, 0.15) is 41.0 Å². The van der Waals surface area contributed by atoms with Crippen molar-refractivity contribution in [1.29, 1.82) is 0 Å². The van der Waals surface area contributed by atoms with Crippen LogP contribution in [-0.4, -0.2) is 0 Å². The van der Waals surface area contributed by atoms with Crippen LogP contribution in [0.5, 0.6) is 0 Å². The molecule has 1 rings (SSSR count). The summed E-state index contributed by atoms with van der Waals surface area (Å²) in [6, 6.07) is 0. The molecule has 0 bridgehead atoms. The van der Waals surface area contributed by atoms with Gasteiger partial charge in [-0.25, -0.2) is 0 Å². The molecule has 1 aliphatic rings. The summed E-state index contributed by atoms with van der Waals surface area (Å²) in [6.07, 6.45) is 9.73. The molecule has 0 atom stereocenters. The van der Waals surface area contributed by atoms with E-state index in [0.717, 1.165) is 0 Å². The smallest absolute Gasteiger partial charge is 0.00756 e. The molecule has 0 unspecified atom stereocenters. The summed E-state index contributed by atoms with van der Waals surface area (Å²) in [5.74, 6) is 0.685. The van der Waals surface area contributed by atoms with Gasteiger partial charge in [0.15, 0.2) is 0 Å². The number of hydrogen-bond acceptors (Lipinski definition) is 0. The maximum Gasteiger partial charge on any atom is -0.00756 e. The van der Waals surface area contributed by atoms with Crippen molar-refractivity contribution >= 4 is 0 Å². The van der Waals surface area contributed by atoms with Gasteiger partial charge in [0.2, 0.25) is 0 Å². The van der Waals surface area contributed by atoms with Gasteiger partial charge < -0.3 is 0 Å². The van der Waals surface area contributed by atoms with E-state index in [0.29, 0.717) is 5.92 Å². The molecular formula is C11H22. The Balaban J connectivity index is 0. The Hall–Kier alpha value is -0.520. The van der Waals surface area contributed by atoms with Gasteiger partial charge in [-0.3, -0.25) is 0 Å². The van der Waals surface area contributed by atoms with Crippen LogP contribution in [0.25, 0.3) is 0 Å². The minimum Gasteiger partial charge on any atom is -0.0779 e. The summed E-state index contributed by atoms with van der Waals surface area (Å²) in [5, 5.41) is 0.